The number of carbonyl (C=O) groups excluding carboxylic acids is 1. The smallest absolute Gasteiger partial charge is 0.228 e. The molecule has 0 spiro atoms. The van der Waals surface area contributed by atoms with Gasteiger partial charge in [-0.25, -0.2) is 0 Å². The highest BCUT2D eigenvalue weighted by molar-refractivity contribution is 5.92. The van der Waals surface area contributed by atoms with Crippen molar-refractivity contribution >= 4 is 11.6 Å². The second-order valence-electron chi connectivity index (χ2n) is 5.60. The van der Waals surface area contributed by atoms with Crippen LogP contribution in [0.15, 0.2) is 48.5 Å². The van der Waals surface area contributed by atoms with E-state index in [-0.39, 0.29) is 5.91 Å². The lowest BCUT2D eigenvalue weighted by atomic mass is 10.1. The first-order valence-corrected chi connectivity index (χ1v) is 8.31. The summed E-state index contributed by atoms with van der Waals surface area (Å²) in [6.07, 6.45) is 3.85. The van der Waals surface area contributed by atoms with E-state index in [1.165, 1.54) is 18.4 Å². The van der Waals surface area contributed by atoms with Crippen LogP contribution in [0.3, 0.4) is 0 Å². The third-order valence-electron chi connectivity index (χ3n) is 3.66. The van der Waals surface area contributed by atoms with Crippen LogP contribution in [0.1, 0.15) is 37.8 Å². The molecule has 0 unspecified atom stereocenters. The molecular formula is C20H25NO2. The molecule has 0 aliphatic rings. The number of rotatable bonds is 8. The van der Waals surface area contributed by atoms with E-state index in [1.807, 2.05) is 43.3 Å². The number of hydrogen-bond acceptors (Lipinski definition) is 2. The first-order valence-electron chi connectivity index (χ1n) is 8.31. The van der Waals surface area contributed by atoms with Crippen molar-refractivity contribution in [2.24, 2.45) is 0 Å². The summed E-state index contributed by atoms with van der Waals surface area (Å²) in [5.74, 6) is 0.829. The van der Waals surface area contributed by atoms with E-state index in [0.717, 1.165) is 23.4 Å². The number of amides is 1. The molecule has 1 N–H and O–H groups in total. The van der Waals surface area contributed by atoms with E-state index >= 15 is 0 Å². The van der Waals surface area contributed by atoms with Crippen molar-refractivity contribution in [3.8, 4) is 5.75 Å². The number of nitrogens with one attached hydrogen (secondary N) is 1. The maximum Gasteiger partial charge on any atom is 0.228 e. The summed E-state index contributed by atoms with van der Waals surface area (Å²) in [4.78, 5) is 12.1. The summed E-state index contributed by atoms with van der Waals surface area (Å²) in [6.45, 7) is 4.79. The Morgan fingerprint density at radius 1 is 0.957 bits per heavy atom. The van der Waals surface area contributed by atoms with Crippen LogP contribution in [-0.2, 0) is 17.6 Å². The van der Waals surface area contributed by atoms with Crippen molar-refractivity contribution < 1.29 is 9.53 Å². The molecule has 0 aliphatic carbocycles. The molecule has 3 heteroatoms. The molecule has 3 nitrogen and oxygen atoms in total. The monoisotopic (exact) mass is 311 g/mol. The lowest BCUT2D eigenvalue weighted by Crippen LogP contribution is -2.14. The predicted octanol–water partition coefficient (Wildman–Crippen LogP) is 4.61. The number of benzene rings is 2. The van der Waals surface area contributed by atoms with Gasteiger partial charge < -0.3 is 10.1 Å². The first kappa shape index (κ1) is 17.1. The molecule has 2 aromatic carbocycles. The molecule has 0 saturated carbocycles. The van der Waals surface area contributed by atoms with Gasteiger partial charge in [0.05, 0.1) is 13.0 Å². The van der Waals surface area contributed by atoms with Crippen LogP contribution in [-0.4, -0.2) is 12.5 Å². The minimum Gasteiger partial charge on any atom is -0.494 e. The summed E-state index contributed by atoms with van der Waals surface area (Å²) in [5.41, 5.74) is 3.14. The van der Waals surface area contributed by atoms with Crippen LogP contribution in [0.4, 0.5) is 5.69 Å². The molecule has 1 amide bonds. The van der Waals surface area contributed by atoms with Gasteiger partial charge in [0.25, 0.3) is 0 Å². The van der Waals surface area contributed by atoms with Gasteiger partial charge in [0.15, 0.2) is 0 Å². The lowest BCUT2D eigenvalue weighted by molar-refractivity contribution is -0.115. The van der Waals surface area contributed by atoms with Gasteiger partial charge in [0.1, 0.15) is 5.75 Å². The highest BCUT2D eigenvalue weighted by Crippen LogP contribution is 2.14. The van der Waals surface area contributed by atoms with E-state index in [2.05, 4.69) is 24.4 Å². The quantitative estimate of drug-likeness (QED) is 0.773. The van der Waals surface area contributed by atoms with Gasteiger partial charge in [0.2, 0.25) is 5.91 Å². The number of unbranched alkanes of at least 4 members (excludes halogenated alkanes) is 1. The number of anilines is 1. The fourth-order valence-corrected chi connectivity index (χ4v) is 2.40. The molecule has 0 bridgehead atoms. The predicted molar refractivity (Wildman–Crippen MR) is 95.0 cm³/mol. The molecule has 0 saturated heterocycles. The van der Waals surface area contributed by atoms with Crippen LogP contribution in [0, 0.1) is 0 Å². The van der Waals surface area contributed by atoms with Gasteiger partial charge in [-0.1, -0.05) is 37.6 Å². The van der Waals surface area contributed by atoms with Crippen molar-refractivity contribution in [1.82, 2.24) is 0 Å². The molecular weight excluding hydrogens is 286 g/mol. The summed E-state index contributed by atoms with van der Waals surface area (Å²) in [7, 11) is 0. The van der Waals surface area contributed by atoms with Gasteiger partial charge >= 0.3 is 0 Å². The molecule has 0 radical (unpaired) electrons. The maximum atomic E-state index is 12.1. The van der Waals surface area contributed by atoms with Crippen LogP contribution in [0.2, 0.25) is 0 Å². The molecule has 0 aromatic heterocycles. The van der Waals surface area contributed by atoms with Crippen molar-refractivity contribution in [2.75, 3.05) is 11.9 Å². The van der Waals surface area contributed by atoms with Crippen LogP contribution >= 0.6 is 0 Å². The van der Waals surface area contributed by atoms with E-state index in [0.29, 0.717) is 13.0 Å². The zero-order chi connectivity index (χ0) is 16.5. The molecule has 23 heavy (non-hydrogen) atoms. The summed E-state index contributed by atoms with van der Waals surface area (Å²) in [5, 5.41) is 2.94. The summed E-state index contributed by atoms with van der Waals surface area (Å²) in [6, 6.07) is 15.8. The summed E-state index contributed by atoms with van der Waals surface area (Å²) >= 11 is 0. The Hall–Kier alpha value is -2.29. The Morgan fingerprint density at radius 3 is 2.22 bits per heavy atom. The average molecular weight is 311 g/mol. The zero-order valence-corrected chi connectivity index (χ0v) is 14.0. The number of carbonyl (C=O) groups is 1. The Bertz CT molecular complexity index is 603. The fourth-order valence-electron chi connectivity index (χ4n) is 2.40. The molecule has 122 valence electrons. The van der Waals surface area contributed by atoms with Gasteiger partial charge in [0, 0.05) is 5.69 Å². The Morgan fingerprint density at radius 2 is 1.61 bits per heavy atom. The van der Waals surface area contributed by atoms with Crippen molar-refractivity contribution in [3.05, 3.63) is 59.7 Å². The largest absolute Gasteiger partial charge is 0.494 e. The molecule has 2 aromatic rings. The maximum absolute atomic E-state index is 12.1. The topological polar surface area (TPSA) is 38.3 Å². The van der Waals surface area contributed by atoms with Crippen LogP contribution < -0.4 is 10.1 Å². The second kappa shape index (κ2) is 8.99. The molecule has 0 atom stereocenters. The third kappa shape index (κ3) is 5.78. The Labute approximate surface area is 138 Å². The number of ether oxygens (including phenoxy) is 1. The Balaban J connectivity index is 1.86. The zero-order valence-electron chi connectivity index (χ0n) is 14.0. The fraction of sp³-hybridized carbons (Fsp3) is 0.350. The Kier molecular flexibility index (Phi) is 6.67. The van der Waals surface area contributed by atoms with E-state index < -0.39 is 0 Å². The van der Waals surface area contributed by atoms with Crippen LogP contribution in [0.25, 0.3) is 0 Å². The number of aryl methyl sites for hydroxylation is 1. The van der Waals surface area contributed by atoms with Crippen molar-refractivity contribution in [3.63, 3.8) is 0 Å². The molecule has 0 heterocycles. The normalized spacial score (nSPS) is 10.3. The standard InChI is InChI=1S/C20H25NO2/c1-3-5-6-16-7-11-18(12-8-16)21-20(22)15-17-9-13-19(14-10-17)23-4-2/h7-14H,3-6,15H2,1-2H3,(H,21,22). The molecule has 0 fully saturated rings. The van der Waals surface area contributed by atoms with Crippen LogP contribution in [0.5, 0.6) is 5.75 Å². The first-order chi connectivity index (χ1) is 11.2. The van der Waals surface area contributed by atoms with E-state index in [4.69, 9.17) is 4.74 Å². The highest BCUT2D eigenvalue weighted by atomic mass is 16.5. The van der Waals surface area contributed by atoms with Crippen molar-refractivity contribution in [1.29, 1.82) is 0 Å². The lowest BCUT2D eigenvalue weighted by Gasteiger charge is -2.08. The second-order valence-corrected chi connectivity index (χ2v) is 5.60. The van der Waals surface area contributed by atoms with Gasteiger partial charge in [-0.2, -0.15) is 0 Å². The SMILES string of the molecule is CCCCc1ccc(NC(=O)Cc2ccc(OCC)cc2)cc1. The average Bonchev–Trinajstić information content (AvgIpc) is 2.56. The number of hydrogen-bond donors (Lipinski definition) is 1. The minimum absolute atomic E-state index is 0.00420. The van der Waals surface area contributed by atoms with Gasteiger partial charge in [-0.15, -0.1) is 0 Å². The van der Waals surface area contributed by atoms with Gasteiger partial charge in [-0.3, -0.25) is 4.79 Å². The van der Waals surface area contributed by atoms with E-state index in [1.54, 1.807) is 0 Å². The van der Waals surface area contributed by atoms with E-state index in [9.17, 15) is 4.79 Å². The summed E-state index contributed by atoms with van der Waals surface area (Å²) < 4.78 is 5.40. The highest BCUT2D eigenvalue weighted by Gasteiger charge is 2.05. The third-order valence-corrected chi connectivity index (χ3v) is 3.66. The minimum atomic E-state index is -0.00420. The molecule has 0 aliphatic heterocycles. The van der Waals surface area contributed by atoms with Gasteiger partial charge in [-0.05, 0) is 55.2 Å². The van der Waals surface area contributed by atoms with Crippen molar-refractivity contribution in [2.45, 2.75) is 39.5 Å². The molecule has 2 rings (SSSR count).